The van der Waals surface area contributed by atoms with Crippen molar-refractivity contribution in [3.63, 3.8) is 0 Å². The molecule has 12 heteroatoms. The fourth-order valence-corrected chi connectivity index (χ4v) is 8.78. The Morgan fingerprint density at radius 3 is 2.32 bits per heavy atom. The van der Waals surface area contributed by atoms with Gasteiger partial charge in [0.2, 0.25) is 5.56 Å². The number of phenols is 2. The lowest BCUT2D eigenvalue weighted by Gasteiger charge is -2.31. The first kappa shape index (κ1) is 47.3. The Bertz CT molecular complexity index is 2840. The molecule has 1 amide bonds. The molecule has 12 nitrogen and oxygen atoms in total. The number of phenolic OH excluding ortho intramolecular Hbond substituents is 2. The Balaban J connectivity index is 0.835. The van der Waals surface area contributed by atoms with Gasteiger partial charge in [0.25, 0.3) is 5.91 Å². The van der Waals surface area contributed by atoms with E-state index in [1.54, 1.807) is 24.3 Å². The smallest absolute Gasteiger partial charge is 0.310 e. The van der Waals surface area contributed by atoms with E-state index in [2.05, 4.69) is 39.5 Å². The van der Waals surface area contributed by atoms with Crippen LogP contribution in [0.3, 0.4) is 0 Å². The van der Waals surface area contributed by atoms with Crippen LogP contribution in [-0.2, 0) is 35.6 Å². The summed E-state index contributed by atoms with van der Waals surface area (Å²) in [7, 11) is 0. The molecule has 6 aromatic carbocycles. The number of nitrogens with one attached hydrogen (secondary N) is 2. The number of hydrogen-bond acceptors (Lipinski definition) is 10. The van der Waals surface area contributed by atoms with Crippen LogP contribution in [0, 0.1) is 5.92 Å². The molecule has 0 unspecified atom stereocenters. The van der Waals surface area contributed by atoms with Gasteiger partial charge in [0.05, 0.1) is 24.6 Å². The highest BCUT2D eigenvalue weighted by molar-refractivity contribution is 5.94. The van der Waals surface area contributed by atoms with Gasteiger partial charge in [-0.2, -0.15) is 0 Å². The number of fused-ring (bicyclic) bond motifs is 1. The number of likely N-dealkylation sites (tertiary alicyclic amines) is 1. The zero-order valence-electron chi connectivity index (χ0n) is 38.1. The van der Waals surface area contributed by atoms with Gasteiger partial charge in [-0.3, -0.25) is 19.3 Å². The molecule has 2 heterocycles. The third kappa shape index (κ3) is 12.6. The number of benzene rings is 6. The lowest BCUT2D eigenvalue weighted by atomic mass is 9.97. The highest BCUT2D eigenvalue weighted by Crippen LogP contribution is 2.35. The molecule has 0 radical (unpaired) electrons. The number of amides is 1. The third-order valence-corrected chi connectivity index (χ3v) is 12.5. The molecular formula is C56H58N4O8. The quantitative estimate of drug-likeness (QED) is 0.0370. The molecule has 7 aromatic rings. The van der Waals surface area contributed by atoms with E-state index in [0.717, 1.165) is 49.2 Å². The van der Waals surface area contributed by atoms with Gasteiger partial charge < -0.3 is 40.0 Å². The largest absolute Gasteiger partial charge is 0.507 e. The number of aliphatic hydroxyl groups is 1. The molecule has 1 atom stereocenters. The van der Waals surface area contributed by atoms with Gasteiger partial charge in [-0.15, -0.1) is 0 Å². The van der Waals surface area contributed by atoms with Gasteiger partial charge in [0, 0.05) is 54.3 Å². The molecule has 1 fully saturated rings. The number of aliphatic hydroxyl groups excluding tert-OH is 1. The van der Waals surface area contributed by atoms with E-state index >= 15 is 0 Å². The summed E-state index contributed by atoms with van der Waals surface area (Å²) in [6.45, 7) is 5.07. The first-order chi connectivity index (χ1) is 33.2. The van der Waals surface area contributed by atoms with E-state index in [0.29, 0.717) is 72.0 Å². The highest BCUT2D eigenvalue weighted by atomic mass is 16.5. The van der Waals surface area contributed by atoms with Gasteiger partial charge in [-0.25, -0.2) is 0 Å². The van der Waals surface area contributed by atoms with Crippen LogP contribution >= 0.6 is 0 Å². The van der Waals surface area contributed by atoms with E-state index in [-0.39, 0.29) is 54.0 Å². The van der Waals surface area contributed by atoms with Crippen molar-refractivity contribution < 1.29 is 34.4 Å². The summed E-state index contributed by atoms with van der Waals surface area (Å²) in [5.41, 5.74) is 5.96. The molecule has 68 heavy (non-hydrogen) atoms. The molecule has 1 aliphatic rings. The van der Waals surface area contributed by atoms with Crippen molar-refractivity contribution in [1.82, 2.24) is 20.1 Å². The minimum atomic E-state index is -0.894. The first-order valence-corrected chi connectivity index (χ1v) is 23.3. The molecule has 1 saturated heterocycles. The average molecular weight is 915 g/mol. The lowest BCUT2D eigenvalue weighted by molar-refractivity contribution is -0.144. The van der Waals surface area contributed by atoms with Crippen LogP contribution < -0.4 is 15.6 Å². The van der Waals surface area contributed by atoms with E-state index in [1.807, 2.05) is 95.9 Å². The second-order valence-electron chi connectivity index (χ2n) is 17.5. The summed E-state index contributed by atoms with van der Waals surface area (Å²) in [4.78, 5) is 45.8. The minimum Gasteiger partial charge on any atom is -0.507 e. The number of ether oxygens (including phenoxy) is 2. The second kappa shape index (κ2) is 23.0. The molecule has 0 saturated carbocycles. The summed E-state index contributed by atoms with van der Waals surface area (Å²) >= 11 is 0. The standard InChI is InChI=1S/C56H58N4O8/c61-50-23-21-48(49-22-24-52(63)58-54(49)50)51(62)34-57-27-10-28-60(36-40-13-5-2-6-14-40)56(66)45-18-7-15-42(31-45)38-67-46-19-8-16-43(32-46)47-20-9-17-44(55(47)65)33-53(64)68-37-41-25-29-59(30-26-41)35-39-11-3-1-4-12-39/h1-9,11-24,31-32,41,51,57,61-62,65H,10,25-30,33-38H2,(H,58,63)/t51-/m0/s1. The molecule has 1 aromatic heterocycles. The fraction of sp³-hybridized carbons (Fsp3) is 0.268. The molecule has 0 bridgehead atoms. The van der Waals surface area contributed by atoms with Crippen molar-refractivity contribution in [1.29, 1.82) is 0 Å². The van der Waals surface area contributed by atoms with Gasteiger partial charge in [-0.05, 0) is 109 Å². The van der Waals surface area contributed by atoms with E-state index in [1.165, 1.54) is 17.7 Å². The molecule has 8 rings (SSSR count). The number of pyridine rings is 1. The summed E-state index contributed by atoms with van der Waals surface area (Å²) < 4.78 is 12.0. The van der Waals surface area contributed by atoms with Gasteiger partial charge >= 0.3 is 5.97 Å². The number of rotatable bonds is 20. The van der Waals surface area contributed by atoms with Crippen molar-refractivity contribution in [2.75, 3.05) is 39.3 Å². The zero-order valence-corrected chi connectivity index (χ0v) is 38.1. The predicted octanol–water partition coefficient (Wildman–Crippen LogP) is 8.54. The van der Waals surface area contributed by atoms with Crippen LogP contribution in [-0.4, -0.2) is 81.3 Å². The Labute approximate surface area is 396 Å². The van der Waals surface area contributed by atoms with Crippen molar-refractivity contribution in [2.24, 2.45) is 5.92 Å². The maximum absolute atomic E-state index is 14.1. The summed E-state index contributed by atoms with van der Waals surface area (Å²) in [6.07, 6.45) is 1.63. The van der Waals surface area contributed by atoms with E-state index < -0.39 is 6.10 Å². The minimum absolute atomic E-state index is 0.0258. The summed E-state index contributed by atoms with van der Waals surface area (Å²) in [5.74, 6) is 0.366. The van der Waals surface area contributed by atoms with Crippen LogP contribution in [0.2, 0.25) is 0 Å². The van der Waals surface area contributed by atoms with Crippen molar-refractivity contribution in [3.8, 4) is 28.4 Å². The van der Waals surface area contributed by atoms with Gasteiger partial charge in [0.15, 0.2) is 0 Å². The molecule has 0 aliphatic carbocycles. The average Bonchev–Trinajstić information content (AvgIpc) is 3.36. The van der Waals surface area contributed by atoms with Crippen LogP contribution in [0.4, 0.5) is 0 Å². The SMILES string of the molecule is O=C(Cc1cccc(-c2cccc(OCc3cccc(C(=O)N(CCCNC[C@H](O)c4ccc(O)c5[nH]c(=O)ccc45)Cc4ccccc4)c3)c2)c1O)OCC1CCN(Cc2ccccc2)CC1. The number of aromatic hydroxyl groups is 2. The monoisotopic (exact) mass is 914 g/mol. The van der Waals surface area contributed by atoms with Gasteiger partial charge in [-0.1, -0.05) is 109 Å². The van der Waals surface area contributed by atoms with Crippen LogP contribution in [0.25, 0.3) is 22.0 Å². The van der Waals surface area contributed by atoms with Crippen molar-refractivity contribution in [2.45, 2.75) is 51.5 Å². The Morgan fingerprint density at radius 1 is 0.794 bits per heavy atom. The maximum Gasteiger partial charge on any atom is 0.310 e. The summed E-state index contributed by atoms with van der Waals surface area (Å²) in [5, 5.41) is 36.5. The predicted molar refractivity (Wildman–Crippen MR) is 263 cm³/mol. The Kier molecular flexibility index (Phi) is 16.0. The van der Waals surface area contributed by atoms with Crippen LogP contribution in [0.15, 0.2) is 156 Å². The summed E-state index contributed by atoms with van der Waals surface area (Å²) in [6, 6.07) is 46.5. The number of aromatic amines is 1. The van der Waals surface area contributed by atoms with Gasteiger partial charge in [0.1, 0.15) is 23.9 Å². The molecule has 5 N–H and O–H groups in total. The number of piperidine rings is 1. The second-order valence-corrected chi connectivity index (χ2v) is 17.5. The molecule has 350 valence electrons. The number of esters is 1. The van der Waals surface area contributed by atoms with Crippen LogP contribution in [0.1, 0.15) is 63.5 Å². The number of H-pyrrole nitrogens is 1. The highest BCUT2D eigenvalue weighted by Gasteiger charge is 2.22. The normalized spacial score (nSPS) is 13.5. The number of para-hydroxylation sites is 1. The van der Waals surface area contributed by atoms with E-state index in [9.17, 15) is 29.7 Å². The fourth-order valence-electron chi connectivity index (χ4n) is 8.78. The number of nitrogens with zero attached hydrogens (tertiary/aromatic N) is 2. The number of aromatic nitrogens is 1. The molecular weight excluding hydrogens is 857 g/mol. The number of hydrogen-bond donors (Lipinski definition) is 5. The van der Waals surface area contributed by atoms with Crippen molar-refractivity contribution in [3.05, 3.63) is 195 Å². The molecule has 0 spiro atoms. The first-order valence-electron chi connectivity index (χ1n) is 23.3. The lowest BCUT2D eigenvalue weighted by Crippen LogP contribution is -2.35. The zero-order chi connectivity index (χ0) is 47.2. The number of carbonyl (C=O) groups excluding carboxylic acids is 2. The number of carbonyl (C=O) groups is 2. The maximum atomic E-state index is 14.1. The third-order valence-electron chi connectivity index (χ3n) is 12.5. The van der Waals surface area contributed by atoms with Crippen LogP contribution in [0.5, 0.6) is 17.2 Å². The molecule has 1 aliphatic heterocycles. The topological polar surface area (TPSA) is 165 Å². The van der Waals surface area contributed by atoms with E-state index in [4.69, 9.17) is 9.47 Å². The van der Waals surface area contributed by atoms with Crippen molar-refractivity contribution >= 4 is 22.8 Å². The Morgan fingerprint density at radius 2 is 1.53 bits per heavy atom. The Hall–Kier alpha value is -7.25.